The highest BCUT2D eigenvalue weighted by Crippen LogP contribution is 2.37. The molecule has 0 heterocycles. The Kier molecular flexibility index (Phi) is 5.05. The molecule has 0 aromatic heterocycles. The van der Waals surface area contributed by atoms with Gasteiger partial charge in [-0.15, -0.1) is 0 Å². The molecule has 0 radical (unpaired) electrons. The summed E-state index contributed by atoms with van der Waals surface area (Å²) in [4.78, 5) is 0. The zero-order chi connectivity index (χ0) is 12.2. The summed E-state index contributed by atoms with van der Waals surface area (Å²) in [6.45, 7) is 2.10. The summed E-state index contributed by atoms with van der Waals surface area (Å²) in [5.41, 5.74) is 0. The van der Waals surface area contributed by atoms with E-state index in [-0.39, 0.29) is 6.42 Å². The Hall–Kier alpha value is -0.290. The molecular formula is C11H20F3NO. The lowest BCUT2D eigenvalue weighted by molar-refractivity contribution is -0.188. The minimum Gasteiger partial charge on any atom is -0.393 e. The summed E-state index contributed by atoms with van der Waals surface area (Å²) in [6, 6.07) is -0.465. The fourth-order valence-corrected chi connectivity index (χ4v) is 2.24. The predicted octanol–water partition coefficient (Wildman–Crippen LogP) is 2.47. The lowest BCUT2D eigenvalue weighted by atomic mass is 9.84. The zero-order valence-electron chi connectivity index (χ0n) is 9.56. The Balaban J connectivity index is 2.41. The topological polar surface area (TPSA) is 32.3 Å². The van der Waals surface area contributed by atoms with Gasteiger partial charge in [-0.2, -0.15) is 13.2 Å². The highest BCUT2D eigenvalue weighted by Gasteiger charge is 2.45. The SMILES string of the molecule is CC(O)CCNC1CCCCC1C(F)(F)F. The van der Waals surface area contributed by atoms with Gasteiger partial charge in [0.1, 0.15) is 0 Å². The molecule has 3 atom stereocenters. The Morgan fingerprint density at radius 2 is 1.94 bits per heavy atom. The van der Waals surface area contributed by atoms with Crippen molar-refractivity contribution < 1.29 is 18.3 Å². The number of halogens is 3. The largest absolute Gasteiger partial charge is 0.393 e. The van der Waals surface area contributed by atoms with E-state index in [1.807, 2.05) is 0 Å². The van der Waals surface area contributed by atoms with E-state index in [1.54, 1.807) is 6.92 Å². The van der Waals surface area contributed by atoms with E-state index >= 15 is 0 Å². The van der Waals surface area contributed by atoms with Gasteiger partial charge >= 0.3 is 6.18 Å². The Bertz CT molecular complexity index is 206. The normalized spacial score (nSPS) is 29.1. The Morgan fingerprint density at radius 1 is 1.31 bits per heavy atom. The molecule has 0 bridgehead atoms. The summed E-state index contributed by atoms with van der Waals surface area (Å²) < 4.78 is 38.1. The highest BCUT2D eigenvalue weighted by molar-refractivity contribution is 4.85. The van der Waals surface area contributed by atoms with Crippen molar-refractivity contribution in [2.75, 3.05) is 6.54 Å². The lowest BCUT2D eigenvalue weighted by Gasteiger charge is -2.33. The molecule has 0 amide bonds. The first-order valence-electron chi connectivity index (χ1n) is 5.89. The summed E-state index contributed by atoms with van der Waals surface area (Å²) in [5.74, 6) is -1.21. The maximum Gasteiger partial charge on any atom is 0.393 e. The molecule has 1 rings (SSSR count). The molecule has 0 spiro atoms. The van der Waals surface area contributed by atoms with Crippen LogP contribution in [-0.4, -0.2) is 30.0 Å². The molecular weight excluding hydrogens is 219 g/mol. The number of aliphatic hydroxyl groups is 1. The monoisotopic (exact) mass is 239 g/mol. The van der Waals surface area contributed by atoms with Gasteiger partial charge in [0.15, 0.2) is 0 Å². The highest BCUT2D eigenvalue weighted by atomic mass is 19.4. The number of nitrogens with one attached hydrogen (secondary N) is 1. The molecule has 1 fully saturated rings. The van der Waals surface area contributed by atoms with Gasteiger partial charge in [-0.3, -0.25) is 0 Å². The van der Waals surface area contributed by atoms with Gasteiger partial charge in [0, 0.05) is 6.04 Å². The van der Waals surface area contributed by atoms with Crippen LogP contribution in [0, 0.1) is 5.92 Å². The summed E-state index contributed by atoms with van der Waals surface area (Å²) in [5, 5.41) is 12.0. The second-order valence-corrected chi connectivity index (χ2v) is 4.63. The van der Waals surface area contributed by atoms with Crippen molar-refractivity contribution in [3.05, 3.63) is 0 Å². The van der Waals surface area contributed by atoms with Crippen LogP contribution in [-0.2, 0) is 0 Å². The predicted molar refractivity (Wildman–Crippen MR) is 56.1 cm³/mol. The van der Waals surface area contributed by atoms with Crippen molar-refractivity contribution in [1.29, 1.82) is 0 Å². The number of rotatable bonds is 4. The second kappa shape index (κ2) is 5.87. The molecule has 2 nitrogen and oxygen atoms in total. The van der Waals surface area contributed by atoms with Crippen LogP contribution < -0.4 is 5.32 Å². The average molecular weight is 239 g/mol. The first-order valence-corrected chi connectivity index (χ1v) is 5.89. The van der Waals surface area contributed by atoms with Gasteiger partial charge in [-0.1, -0.05) is 12.8 Å². The van der Waals surface area contributed by atoms with Crippen molar-refractivity contribution in [3.63, 3.8) is 0 Å². The molecule has 0 aromatic rings. The third-order valence-corrected chi connectivity index (χ3v) is 3.16. The third-order valence-electron chi connectivity index (χ3n) is 3.16. The van der Waals surface area contributed by atoms with Crippen molar-refractivity contribution in [2.45, 2.75) is 57.3 Å². The fourth-order valence-electron chi connectivity index (χ4n) is 2.24. The Labute approximate surface area is 94.2 Å². The van der Waals surface area contributed by atoms with E-state index in [4.69, 9.17) is 5.11 Å². The van der Waals surface area contributed by atoms with Gasteiger partial charge in [0.25, 0.3) is 0 Å². The number of hydrogen-bond donors (Lipinski definition) is 2. The first kappa shape index (κ1) is 13.8. The summed E-state index contributed by atoms with van der Waals surface area (Å²) in [6.07, 6.45) is -1.71. The molecule has 5 heteroatoms. The summed E-state index contributed by atoms with van der Waals surface area (Å²) in [7, 11) is 0. The van der Waals surface area contributed by atoms with E-state index < -0.39 is 24.2 Å². The molecule has 0 aromatic carbocycles. The molecule has 2 N–H and O–H groups in total. The van der Waals surface area contributed by atoms with Crippen molar-refractivity contribution in [3.8, 4) is 0 Å². The standard InChI is InChI=1S/C11H20F3NO/c1-8(16)6-7-15-10-5-3-2-4-9(10)11(12,13)14/h8-10,15-16H,2-7H2,1H3. The molecule has 1 saturated carbocycles. The molecule has 1 aliphatic carbocycles. The van der Waals surface area contributed by atoms with Crippen LogP contribution in [0.4, 0.5) is 13.2 Å². The van der Waals surface area contributed by atoms with Crippen LogP contribution in [0.3, 0.4) is 0 Å². The van der Waals surface area contributed by atoms with Crippen LogP contribution in [0.2, 0.25) is 0 Å². The van der Waals surface area contributed by atoms with Crippen molar-refractivity contribution >= 4 is 0 Å². The zero-order valence-corrected chi connectivity index (χ0v) is 9.56. The smallest absolute Gasteiger partial charge is 0.393 e. The Morgan fingerprint density at radius 3 is 2.50 bits per heavy atom. The second-order valence-electron chi connectivity index (χ2n) is 4.63. The fraction of sp³-hybridized carbons (Fsp3) is 1.00. The van der Waals surface area contributed by atoms with Crippen LogP contribution in [0.1, 0.15) is 39.0 Å². The van der Waals surface area contributed by atoms with E-state index in [0.29, 0.717) is 25.8 Å². The van der Waals surface area contributed by atoms with Gasteiger partial charge in [-0.25, -0.2) is 0 Å². The first-order chi connectivity index (χ1) is 7.41. The van der Waals surface area contributed by atoms with Crippen LogP contribution in [0.5, 0.6) is 0 Å². The third kappa shape index (κ3) is 4.29. The summed E-state index contributed by atoms with van der Waals surface area (Å²) >= 11 is 0. The van der Waals surface area contributed by atoms with Crippen molar-refractivity contribution in [2.24, 2.45) is 5.92 Å². The van der Waals surface area contributed by atoms with Gasteiger partial charge in [0.2, 0.25) is 0 Å². The van der Waals surface area contributed by atoms with Gasteiger partial charge in [0.05, 0.1) is 12.0 Å². The quantitative estimate of drug-likeness (QED) is 0.790. The van der Waals surface area contributed by atoms with Gasteiger partial charge < -0.3 is 10.4 Å². The minimum absolute atomic E-state index is 0.232. The number of alkyl halides is 3. The molecule has 96 valence electrons. The number of aliphatic hydroxyl groups excluding tert-OH is 1. The van der Waals surface area contributed by atoms with E-state index in [0.717, 1.165) is 6.42 Å². The molecule has 3 unspecified atom stereocenters. The van der Waals surface area contributed by atoms with Crippen molar-refractivity contribution in [1.82, 2.24) is 5.32 Å². The van der Waals surface area contributed by atoms with E-state index in [1.165, 1.54) is 0 Å². The molecule has 0 aliphatic heterocycles. The van der Waals surface area contributed by atoms with E-state index in [2.05, 4.69) is 5.32 Å². The van der Waals surface area contributed by atoms with E-state index in [9.17, 15) is 13.2 Å². The lowest BCUT2D eigenvalue weighted by Crippen LogP contribution is -2.46. The van der Waals surface area contributed by atoms with Gasteiger partial charge in [-0.05, 0) is 32.7 Å². The van der Waals surface area contributed by atoms with Crippen LogP contribution >= 0.6 is 0 Å². The molecule has 16 heavy (non-hydrogen) atoms. The van der Waals surface area contributed by atoms with Crippen LogP contribution in [0.15, 0.2) is 0 Å². The molecule has 1 aliphatic rings. The molecule has 0 saturated heterocycles. The van der Waals surface area contributed by atoms with Crippen LogP contribution in [0.25, 0.3) is 0 Å². The average Bonchev–Trinajstić information content (AvgIpc) is 2.16. The number of hydrogen-bond acceptors (Lipinski definition) is 2. The minimum atomic E-state index is -4.09. The maximum atomic E-state index is 12.7. The maximum absolute atomic E-state index is 12.7.